The van der Waals surface area contributed by atoms with E-state index in [4.69, 9.17) is 0 Å². The van der Waals surface area contributed by atoms with Crippen LogP contribution >= 0.6 is 11.3 Å². The summed E-state index contributed by atoms with van der Waals surface area (Å²) in [5, 5.41) is 13.8. The minimum Gasteiger partial charge on any atom is -0.355 e. The Kier molecular flexibility index (Phi) is 2.85. The van der Waals surface area contributed by atoms with Crippen LogP contribution in [0.25, 0.3) is 10.2 Å². The average molecular weight is 271 g/mol. The molecule has 0 bridgehead atoms. The molecule has 0 fully saturated rings. The maximum atomic E-state index is 10.6. The number of nitrogens with zero attached hydrogens (tertiary/aromatic N) is 2. The molecule has 0 unspecified atom stereocenters. The molecule has 94 valence electrons. The predicted octanol–water partition coefficient (Wildman–Crippen LogP) is 3.95. The minimum atomic E-state index is -0.410. The summed E-state index contributed by atoms with van der Waals surface area (Å²) in [6.45, 7) is 0. The lowest BCUT2D eigenvalue weighted by molar-refractivity contribution is -0.384. The molecule has 2 aromatic carbocycles. The number of benzene rings is 2. The van der Waals surface area contributed by atoms with Crippen molar-refractivity contribution in [3.63, 3.8) is 0 Å². The van der Waals surface area contributed by atoms with Gasteiger partial charge in [0.25, 0.3) is 5.69 Å². The van der Waals surface area contributed by atoms with Crippen LogP contribution < -0.4 is 5.32 Å². The van der Waals surface area contributed by atoms with Crippen molar-refractivity contribution in [3.05, 3.63) is 58.1 Å². The lowest BCUT2D eigenvalue weighted by Gasteiger charge is -2.05. The molecule has 0 aliphatic rings. The Hall–Kier alpha value is -2.47. The Morgan fingerprint density at radius 1 is 1.11 bits per heavy atom. The van der Waals surface area contributed by atoms with E-state index in [1.165, 1.54) is 12.1 Å². The lowest BCUT2D eigenvalue weighted by atomic mass is 10.2. The molecular formula is C13H9N3O2S. The molecule has 0 aliphatic carbocycles. The molecule has 1 heterocycles. The maximum Gasteiger partial charge on any atom is 0.269 e. The van der Waals surface area contributed by atoms with E-state index in [1.54, 1.807) is 29.0 Å². The predicted molar refractivity (Wildman–Crippen MR) is 76.0 cm³/mol. The molecule has 3 aromatic rings. The zero-order valence-corrected chi connectivity index (χ0v) is 10.6. The monoisotopic (exact) mass is 271 g/mol. The molecule has 0 aliphatic heterocycles. The Morgan fingerprint density at radius 2 is 1.84 bits per heavy atom. The van der Waals surface area contributed by atoms with E-state index in [2.05, 4.69) is 10.3 Å². The number of anilines is 2. The van der Waals surface area contributed by atoms with E-state index in [1.807, 2.05) is 18.2 Å². The van der Waals surface area contributed by atoms with Gasteiger partial charge in [0.1, 0.15) is 0 Å². The first-order valence-electron chi connectivity index (χ1n) is 5.57. The van der Waals surface area contributed by atoms with Crippen LogP contribution in [0.15, 0.2) is 48.0 Å². The summed E-state index contributed by atoms with van der Waals surface area (Å²) in [7, 11) is 0. The van der Waals surface area contributed by atoms with Crippen molar-refractivity contribution in [1.29, 1.82) is 0 Å². The number of aromatic nitrogens is 1. The van der Waals surface area contributed by atoms with Gasteiger partial charge >= 0.3 is 0 Å². The molecule has 0 radical (unpaired) electrons. The van der Waals surface area contributed by atoms with Crippen molar-refractivity contribution in [2.24, 2.45) is 0 Å². The quantitative estimate of drug-likeness (QED) is 0.578. The van der Waals surface area contributed by atoms with E-state index in [9.17, 15) is 10.1 Å². The van der Waals surface area contributed by atoms with Crippen molar-refractivity contribution in [1.82, 2.24) is 4.98 Å². The lowest BCUT2D eigenvalue weighted by Crippen LogP contribution is -1.91. The summed E-state index contributed by atoms with van der Waals surface area (Å²) >= 11 is 1.58. The average Bonchev–Trinajstić information content (AvgIpc) is 2.87. The molecule has 6 heteroatoms. The molecule has 0 saturated carbocycles. The SMILES string of the molecule is O=[N+]([O-])c1ccc(Nc2ccc3ncsc3c2)cc1. The second-order valence-corrected chi connectivity index (χ2v) is 4.85. The molecule has 3 rings (SSSR count). The van der Waals surface area contributed by atoms with E-state index >= 15 is 0 Å². The van der Waals surface area contributed by atoms with E-state index in [-0.39, 0.29) is 5.69 Å². The fraction of sp³-hybridized carbons (Fsp3) is 0. The fourth-order valence-corrected chi connectivity index (χ4v) is 2.48. The first-order chi connectivity index (χ1) is 9.22. The Morgan fingerprint density at radius 3 is 2.58 bits per heavy atom. The largest absolute Gasteiger partial charge is 0.355 e. The highest BCUT2D eigenvalue weighted by molar-refractivity contribution is 7.16. The van der Waals surface area contributed by atoms with Crippen LogP contribution in [0.1, 0.15) is 0 Å². The number of thiazole rings is 1. The van der Waals surface area contributed by atoms with Crippen molar-refractivity contribution >= 4 is 38.6 Å². The van der Waals surface area contributed by atoms with Crippen molar-refractivity contribution in [2.45, 2.75) is 0 Å². The normalized spacial score (nSPS) is 10.5. The number of nitro groups is 1. The smallest absolute Gasteiger partial charge is 0.269 e. The Labute approximate surface area is 112 Å². The van der Waals surface area contributed by atoms with Gasteiger partial charge in [0.2, 0.25) is 0 Å². The Bertz CT molecular complexity index is 737. The van der Waals surface area contributed by atoms with Gasteiger partial charge in [-0.1, -0.05) is 0 Å². The third-order valence-electron chi connectivity index (χ3n) is 2.70. The second kappa shape index (κ2) is 4.66. The van der Waals surface area contributed by atoms with Crippen LogP contribution in [0.4, 0.5) is 17.1 Å². The molecule has 0 amide bonds. The highest BCUT2D eigenvalue weighted by Crippen LogP contribution is 2.25. The van der Waals surface area contributed by atoms with E-state index in [0.717, 1.165) is 21.6 Å². The van der Waals surface area contributed by atoms with Crippen LogP contribution in [0.3, 0.4) is 0 Å². The van der Waals surface area contributed by atoms with Gasteiger partial charge in [-0.15, -0.1) is 11.3 Å². The zero-order chi connectivity index (χ0) is 13.2. The number of rotatable bonds is 3. The summed E-state index contributed by atoms with van der Waals surface area (Å²) in [6.07, 6.45) is 0. The molecule has 1 N–H and O–H groups in total. The fourth-order valence-electron chi connectivity index (χ4n) is 1.77. The maximum absolute atomic E-state index is 10.6. The first kappa shape index (κ1) is 11.6. The van der Waals surface area contributed by atoms with Gasteiger partial charge in [-0.25, -0.2) is 4.98 Å². The van der Waals surface area contributed by atoms with Gasteiger partial charge in [0.05, 0.1) is 20.7 Å². The zero-order valence-electron chi connectivity index (χ0n) is 9.74. The van der Waals surface area contributed by atoms with Crippen LogP contribution in [0.2, 0.25) is 0 Å². The van der Waals surface area contributed by atoms with Crippen LogP contribution in [-0.2, 0) is 0 Å². The third-order valence-corrected chi connectivity index (χ3v) is 3.49. The van der Waals surface area contributed by atoms with Gasteiger partial charge in [-0.05, 0) is 30.3 Å². The van der Waals surface area contributed by atoms with Crippen LogP contribution in [0.5, 0.6) is 0 Å². The van der Waals surface area contributed by atoms with Gasteiger partial charge in [0, 0.05) is 23.5 Å². The Balaban J connectivity index is 1.85. The first-order valence-corrected chi connectivity index (χ1v) is 6.45. The van der Waals surface area contributed by atoms with Crippen LogP contribution in [-0.4, -0.2) is 9.91 Å². The summed E-state index contributed by atoms with van der Waals surface area (Å²) < 4.78 is 1.10. The molecule has 5 nitrogen and oxygen atoms in total. The molecule has 1 aromatic heterocycles. The van der Waals surface area contributed by atoms with Gasteiger partial charge < -0.3 is 5.32 Å². The summed E-state index contributed by atoms with van der Waals surface area (Å²) in [5.41, 5.74) is 4.61. The summed E-state index contributed by atoms with van der Waals surface area (Å²) in [6, 6.07) is 12.2. The number of fused-ring (bicyclic) bond motifs is 1. The summed E-state index contributed by atoms with van der Waals surface area (Å²) in [4.78, 5) is 14.4. The highest BCUT2D eigenvalue weighted by Gasteiger charge is 2.04. The number of nitro benzene ring substituents is 1. The van der Waals surface area contributed by atoms with Gasteiger partial charge in [-0.2, -0.15) is 0 Å². The van der Waals surface area contributed by atoms with E-state index in [0.29, 0.717) is 0 Å². The molecule has 0 atom stereocenters. The second-order valence-electron chi connectivity index (χ2n) is 3.96. The highest BCUT2D eigenvalue weighted by atomic mass is 32.1. The minimum absolute atomic E-state index is 0.0865. The number of hydrogen-bond donors (Lipinski definition) is 1. The van der Waals surface area contributed by atoms with E-state index < -0.39 is 4.92 Å². The van der Waals surface area contributed by atoms with Crippen molar-refractivity contribution in [2.75, 3.05) is 5.32 Å². The third kappa shape index (κ3) is 2.38. The summed E-state index contributed by atoms with van der Waals surface area (Å²) in [5.74, 6) is 0. The van der Waals surface area contributed by atoms with Gasteiger partial charge in [-0.3, -0.25) is 10.1 Å². The van der Waals surface area contributed by atoms with Crippen molar-refractivity contribution in [3.8, 4) is 0 Å². The van der Waals surface area contributed by atoms with Gasteiger partial charge in [0.15, 0.2) is 0 Å². The molecule has 19 heavy (non-hydrogen) atoms. The van der Waals surface area contributed by atoms with Crippen LogP contribution in [0, 0.1) is 10.1 Å². The number of non-ortho nitro benzene ring substituents is 1. The van der Waals surface area contributed by atoms with Crippen molar-refractivity contribution < 1.29 is 4.92 Å². The molecular weight excluding hydrogens is 262 g/mol. The molecule has 0 spiro atoms. The number of nitrogens with one attached hydrogen (secondary N) is 1. The molecule has 0 saturated heterocycles. The number of hydrogen-bond acceptors (Lipinski definition) is 5. The topological polar surface area (TPSA) is 68.1 Å². The standard InChI is InChI=1S/C13H9N3O2S/c17-16(18)11-4-1-9(2-5-11)15-10-3-6-12-13(7-10)19-8-14-12/h1-8,15H.